The molecule has 0 radical (unpaired) electrons. The smallest absolute Gasteiger partial charge is 0.239 e. The van der Waals surface area contributed by atoms with Gasteiger partial charge in [0.2, 0.25) is 5.95 Å². The van der Waals surface area contributed by atoms with Crippen molar-refractivity contribution in [2.45, 2.75) is 25.7 Å². The molecule has 0 saturated heterocycles. The maximum absolute atomic E-state index is 9.53. The van der Waals surface area contributed by atoms with Gasteiger partial charge in [0.15, 0.2) is 5.82 Å². The van der Waals surface area contributed by atoms with E-state index in [4.69, 9.17) is 17.4 Å². The van der Waals surface area contributed by atoms with Crippen molar-refractivity contribution in [3.05, 3.63) is 11.2 Å². The Morgan fingerprint density at radius 1 is 1.44 bits per heavy atom. The van der Waals surface area contributed by atoms with Gasteiger partial charge in [-0.3, -0.25) is 5.43 Å². The highest BCUT2D eigenvalue weighted by Crippen LogP contribution is 2.38. The number of aromatic nitrogens is 2. The van der Waals surface area contributed by atoms with E-state index in [1.807, 2.05) is 0 Å². The van der Waals surface area contributed by atoms with Crippen molar-refractivity contribution < 1.29 is 5.11 Å². The molecule has 0 amide bonds. The first-order chi connectivity index (χ1) is 8.69. The van der Waals surface area contributed by atoms with Gasteiger partial charge < -0.3 is 10.4 Å². The van der Waals surface area contributed by atoms with Crippen molar-refractivity contribution in [2.75, 3.05) is 23.9 Å². The first-order valence-corrected chi connectivity index (χ1v) is 6.41. The van der Waals surface area contributed by atoms with Gasteiger partial charge in [-0.2, -0.15) is 4.98 Å². The number of hydrazine groups is 1. The Balaban J connectivity index is 2.05. The van der Waals surface area contributed by atoms with Crippen LogP contribution in [0.15, 0.2) is 6.20 Å². The molecule has 1 aromatic rings. The van der Waals surface area contributed by atoms with E-state index in [0.717, 1.165) is 25.7 Å². The molecule has 0 atom stereocenters. The fourth-order valence-electron chi connectivity index (χ4n) is 2.35. The lowest BCUT2D eigenvalue weighted by molar-refractivity contribution is 0.142. The number of hydrogen-bond donors (Lipinski definition) is 4. The number of rotatable bonds is 5. The molecule has 1 fully saturated rings. The molecule has 7 heteroatoms. The van der Waals surface area contributed by atoms with Crippen LogP contribution in [0.5, 0.6) is 0 Å². The lowest BCUT2D eigenvalue weighted by Gasteiger charge is -2.27. The average Bonchev–Trinajstić information content (AvgIpc) is 2.87. The van der Waals surface area contributed by atoms with Crippen LogP contribution in [-0.2, 0) is 0 Å². The molecule has 6 nitrogen and oxygen atoms in total. The van der Waals surface area contributed by atoms with Crippen LogP contribution in [0.3, 0.4) is 0 Å². The Hall–Kier alpha value is -1.11. The average molecular weight is 272 g/mol. The summed E-state index contributed by atoms with van der Waals surface area (Å²) in [7, 11) is 0. The Kier molecular flexibility index (Phi) is 4.21. The molecule has 0 unspecified atom stereocenters. The van der Waals surface area contributed by atoms with Crippen LogP contribution in [0.1, 0.15) is 25.7 Å². The normalized spacial score (nSPS) is 17.7. The summed E-state index contributed by atoms with van der Waals surface area (Å²) in [5, 5.41) is 13.2. The zero-order chi connectivity index (χ0) is 13.0. The standard InChI is InChI=1S/C11H18ClN5O/c12-8-5-14-10(17-13)16-9(8)15-6-11(7-18)3-1-2-4-11/h5,18H,1-4,6-7,13H2,(H2,14,15,16,17). The molecular formula is C11H18ClN5O. The maximum atomic E-state index is 9.53. The third-order valence-corrected chi connectivity index (χ3v) is 3.78. The van der Waals surface area contributed by atoms with E-state index in [1.54, 1.807) is 0 Å². The third kappa shape index (κ3) is 2.82. The first kappa shape index (κ1) is 13.3. The molecule has 2 rings (SSSR count). The molecule has 100 valence electrons. The van der Waals surface area contributed by atoms with Crippen molar-refractivity contribution in [2.24, 2.45) is 11.3 Å². The number of anilines is 2. The molecule has 1 saturated carbocycles. The van der Waals surface area contributed by atoms with Gasteiger partial charge in [-0.25, -0.2) is 10.8 Å². The second kappa shape index (κ2) is 5.69. The number of nitrogens with one attached hydrogen (secondary N) is 2. The summed E-state index contributed by atoms with van der Waals surface area (Å²) in [5.74, 6) is 6.11. The van der Waals surface area contributed by atoms with Crippen LogP contribution < -0.4 is 16.6 Å². The van der Waals surface area contributed by atoms with Crippen LogP contribution in [0.4, 0.5) is 11.8 Å². The van der Waals surface area contributed by atoms with Gasteiger partial charge in [0, 0.05) is 12.0 Å². The van der Waals surface area contributed by atoms with Crippen LogP contribution in [0.2, 0.25) is 5.02 Å². The van der Waals surface area contributed by atoms with E-state index in [1.165, 1.54) is 6.20 Å². The highest BCUT2D eigenvalue weighted by molar-refractivity contribution is 6.32. The Labute approximate surface area is 111 Å². The predicted octanol–water partition coefficient (Wildman–Crippen LogP) is 1.38. The van der Waals surface area contributed by atoms with Crippen molar-refractivity contribution in [1.29, 1.82) is 0 Å². The van der Waals surface area contributed by atoms with Gasteiger partial charge in [0.25, 0.3) is 0 Å². The lowest BCUT2D eigenvalue weighted by atomic mass is 9.87. The summed E-state index contributed by atoms with van der Waals surface area (Å²) in [6.45, 7) is 0.842. The summed E-state index contributed by atoms with van der Waals surface area (Å²) >= 11 is 6.01. The van der Waals surface area contributed by atoms with E-state index in [0.29, 0.717) is 23.3 Å². The minimum Gasteiger partial charge on any atom is -0.396 e. The highest BCUT2D eigenvalue weighted by atomic mass is 35.5. The Morgan fingerprint density at radius 3 is 2.78 bits per heavy atom. The Morgan fingerprint density at radius 2 is 2.17 bits per heavy atom. The monoisotopic (exact) mass is 271 g/mol. The zero-order valence-corrected chi connectivity index (χ0v) is 10.9. The molecular weight excluding hydrogens is 254 g/mol. The molecule has 1 aliphatic rings. The number of hydrogen-bond acceptors (Lipinski definition) is 6. The van der Waals surface area contributed by atoms with Crippen LogP contribution in [0.25, 0.3) is 0 Å². The maximum Gasteiger partial charge on any atom is 0.239 e. The lowest BCUT2D eigenvalue weighted by Crippen LogP contribution is -2.31. The molecule has 0 aliphatic heterocycles. The number of nitrogens with zero attached hydrogens (tertiary/aromatic N) is 2. The van der Waals surface area contributed by atoms with Crippen LogP contribution in [0, 0.1) is 5.41 Å². The third-order valence-electron chi connectivity index (χ3n) is 3.50. The molecule has 1 aliphatic carbocycles. The van der Waals surface area contributed by atoms with Crippen molar-refractivity contribution >= 4 is 23.4 Å². The second-order valence-corrected chi connectivity index (χ2v) is 5.16. The number of aliphatic hydroxyl groups excluding tert-OH is 1. The van der Waals surface area contributed by atoms with E-state index < -0.39 is 0 Å². The van der Waals surface area contributed by atoms with E-state index in [2.05, 4.69) is 20.7 Å². The minimum absolute atomic E-state index is 0.0510. The summed E-state index contributed by atoms with van der Waals surface area (Å²) in [6, 6.07) is 0. The first-order valence-electron chi connectivity index (χ1n) is 6.03. The molecule has 0 spiro atoms. The molecule has 1 aromatic heterocycles. The van der Waals surface area contributed by atoms with E-state index in [9.17, 15) is 5.11 Å². The zero-order valence-electron chi connectivity index (χ0n) is 10.1. The largest absolute Gasteiger partial charge is 0.396 e. The van der Waals surface area contributed by atoms with Crippen LogP contribution >= 0.6 is 11.6 Å². The minimum atomic E-state index is -0.0510. The number of nitrogens with two attached hydrogens (primary N) is 1. The van der Waals surface area contributed by atoms with Crippen molar-refractivity contribution in [3.63, 3.8) is 0 Å². The summed E-state index contributed by atoms with van der Waals surface area (Å²) in [5.41, 5.74) is 2.32. The van der Waals surface area contributed by atoms with Crippen molar-refractivity contribution in [1.82, 2.24) is 9.97 Å². The number of halogens is 1. The van der Waals surface area contributed by atoms with Gasteiger partial charge in [0.05, 0.1) is 12.8 Å². The molecule has 18 heavy (non-hydrogen) atoms. The summed E-state index contributed by atoms with van der Waals surface area (Å²) in [6.07, 6.45) is 5.87. The SMILES string of the molecule is NNc1ncc(Cl)c(NCC2(CO)CCCC2)n1. The molecule has 0 aromatic carbocycles. The quantitative estimate of drug-likeness (QED) is 0.477. The number of nitrogen functional groups attached to an aromatic ring is 1. The Bertz CT molecular complexity index is 408. The van der Waals surface area contributed by atoms with Gasteiger partial charge in [0.1, 0.15) is 5.02 Å². The van der Waals surface area contributed by atoms with Gasteiger partial charge >= 0.3 is 0 Å². The summed E-state index contributed by atoms with van der Waals surface area (Å²) < 4.78 is 0. The van der Waals surface area contributed by atoms with Crippen molar-refractivity contribution in [3.8, 4) is 0 Å². The fraction of sp³-hybridized carbons (Fsp3) is 0.636. The molecule has 5 N–H and O–H groups in total. The fourth-order valence-corrected chi connectivity index (χ4v) is 2.51. The van der Waals surface area contributed by atoms with Crippen LogP contribution in [-0.4, -0.2) is 28.2 Å². The predicted molar refractivity (Wildman–Crippen MR) is 71.3 cm³/mol. The van der Waals surface area contributed by atoms with E-state index in [-0.39, 0.29) is 12.0 Å². The topological polar surface area (TPSA) is 96.1 Å². The van der Waals surface area contributed by atoms with Gasteiger partial charge in [-0.1, -0.05) is 24.4 Å². The number of aliphatic hydroxyl groups is 1. The van der Waals surface area contributed by atoms with Gasteiger partial charge in [-0.15, -0.1) is 0 Å². The van der Waals surface area contributed by atoms with Gasteiger partial charge in [-0.05, 0) is 12.8 Å². The second-order valence-electron chi connectivity index (χ2n) is 4.75. The highest BCUT2D eigenvalue weighted by Gasteiger charge is 2.33. The molecule has 0 bridgehead atoms. The molecule has 1 heterocycles. The van der Waals surface area contributed by atoms with E-state index >= 15 is 0 Å². The summed E-state index contributed by atoms with van der Waals surface area (Å²) in [4.78, 5) is 8.05.